The standard InChI is InChI=1S/C15H23FO4/c1-4-6-7-12(17)11-8-9-13(19-5-2)14(16)15(11)20-10-18-3/h8-9,12,17H,4-7,10H2,1-3H3. The van der Waals surface area contributed by atoms with E-state index in [0.29, 0.717) is 18.6 Å². The van der Waals surface area contributed by atoms with Crippen LogP contribution in [0.25, 0.3) is 0 Å². The number of unbranched alkanes of at least 4 members (excludes halogenated alkanes) is 1. The molecule has 0 bridgehead atoms. The number of aliphatic hydroxyl groups excluding tert-OH is 1. The monoisotopic (exact) mass is 286 g/mol. The molecule has 0 amide bonds. The molecule has 0 saturated carbocycles. The minimum Gasteiger partial charge on any atom is -0.491 e. The molecule has 1 aromatic carbocycles. The number of benzene rings is 1. The highest BCUT2D eigenvalue weighted by atomic mass is 19.1. The van der Waals surface area contributed by atoms with Crippen LogP contribution in [0.15, 0.2) is 12.1 Å². The number of ether oxygens (including phenoxy) is 3. The second-order valence-electron chi connectivity index (χ2n) is 4.44. The van der Waals surface area contributed by atoms with Gasteiger partial charge in [-0.05, 0) is 25.5 Å². The molecule has 114 valence electrons. The third-order valence-corrected chi connectivity index (χ3v) is 2.90. The predicted octanol–water partition coefficient (Wildman–Crippen LogP) is 3.43. The van der Waals surface area contributed by atoms with E-state index in [4.69, 9.17) is 14.2 Å². The summed E-state index contributed by atoms with van der Waals surface area (Å²) in [4.78, 5) is 0. The summed E-state index contributed by atoms with van der Waals surface area (Å²) in [6, 6.07) is 3.16. The molecular weight excluding hydrogens is 263 g/mol. The van der Waals surface area contributed by atoms with E-state index >= 15 is 0 Å². The van der Waals surface area contributed by atoms with Crippen LogP contribution in [0.4, 0.5) is 4.39 Å². The Morgan fingerprint density at radius 1 is 1.25 bits per heavy atom. The van der Waals surface area contributed by atoms with Crippen LogP contribution >= 0.6 is 0 Å². The smallest absolute Gasteiger partial charge is 0.207 e. The summed E-state index contributed by atoms with van der Waals surface area (Å²) in [5, 5.41) is 10.1. The van der Waals surface area contributed by atoms with Gasteiger partial charge in [-0.1, -0.05) is 19.8 Å². The number of hydrogen-bond donors (Lipinski definition) is 1. The average Bonchev–Trinajstić information content (AvgIpc) is 2.45. The quantitative estimate of drug-likeness (QED) is 0.707. The van der Waals surface area contributed by atoms with Gasteiger partial charge in [0.05, 0.1) is 12.7 Å². The predicted molar refractivity (Wildman–Crippen MR) is 74.6 cm³/mol. The van der Waals surface area contributed by atoms with E-state index in [1.165, 1.54) is 13.2 Å². The molecule has 1 aromatic rings. The van der Waals surface area contributed by atoms with Gasteiger partial charge in [-0.15, -0.1) is 0 Å². The minimum absolute atomic E-state index is 0.00130. The highest BCUT2D eigenvalue weighted by Crippen LogP contribution is 2.36. The maximum atomic E-state index is 14.3. The lowest BCUT2D eigenvalue weighted by molar-refractivity contribution is 0.0441. The Labute approximate surface area is 119 Å². The molecule has 1 N–H and O–H groups in total. The van der Waals surface area contributed by atoms with Crippen LogP contribution in [0.3, 0.4) is 0 Å². The molecule has 20 heavy (non-hydrogen) atoms. The Hall–Kier alpha value is -1.33. The van der Waals surface area contributed by atoms with Crippen molar-refractivity contribution in [2.45, 2.75) is 39.2 Å². The van der Waals surface area contributed by atoms with Crippen LogP contribution in [-0.4, -0.2) is 25.6 Å². The van der Waals surface area contributed by atoms with Crippen molar-refractivity contribution in [2.75, 3.05) is 20.5 Å². The van der Waals surface area contributed by atoms with Crippen LogP contribution in [0.5, 0.6) is 11.5 Å². The topological polar surface area (TPSA) is 47.9 Å². The summed E-state index contributed by atoms with van der Waals surface area (Å²) in [6.45, 7) is 4.09. The first kappa shape index (κ1) is 16.7. The van der Waals surface area contributed by atoms with E-state index in [1.807, 2.05) is 6.92 Å². The Morgan fingerprint density at radius 3 is 2.60 bits per heavy atom. The number of rotatable bonds is 9. The van der Waals surface area contributed by atoms with Gasteiger partial charge in [-0.25, -0.2) is 0 Å². The molecule has 0 spiro atoms. The van der Waals surface area contributed by atoms with E-state index in [0.717, 1.165) is 12.8 Å². The van der Waals surface area contributed by atoms with E-state index in [-0.39, 0.29) is 18.3 Å². The Morgan fingerprint density at radius 2 is 2.00 bits per heavy atom. The molecule has 0 heterocycles. The van der Waals surface area contributed by atoms with E-state index < -0.39 is 11.9 Å². The molecule has 1 unspecified atom stereocenters. The van der Waals surface area contributed by atoms with Gasteiger partial charge in [0, 0.05) is 12.7 Å². The number of aliphatic hydroxyl groups is 1. The number of methoxy groups -OCH3 is 1. The van der Waals surface area contributed by atoms with Crippen LogP contribution in [0.1, 0.15) is 44.8 Å². The summed E-state index contributed by atoms with van der Waals surface area (Å²) >= 11 is 0. The molecule has 0 fully saturated rings. The summed E-state index contributed by atoms with van der Waals surface area (Å²) in [7, 11) is 1.46. The van der Waals surface area contributed by atoms with Crippen molar-refractivity contribution in [1.82, 2.24) is 0 Å². The fourth-order valence-corrected chi connectivity index (χ4v) is 1.90. The van der Waals surface area contributed by atoms with Gasteiger partial charge in [-0.2, -0.15) is 4.39 Å². The van der Waals surface area contributed by atoms with Crippen molar-refractivity contribution in [2.24, 2.45) is 0 Å². The molecule has 1 rings (SSSR count). The van der Waals surface area contributed by atoms with Crippen molar-refractivity contribution in [3.05, 3.63) is 23.5 Å². The molecule has 0 aliphatic rings. The van der Waals surface area contributed by atoms with Crippen LogP contribution in [-0.2, 0) is 4.74 Å². The van der Waals surface area contributed by atoms with Gasteiger partial charge in [0.2, 0.25) is 5.82 Å². The van der Waals surface area contributed by atoms with Crippen molar-refractivity contribution >= 4 is 0 Å². The van der Waals surface area contributed by atoms with Crippen LogP contribution in [0.2, 0.25) is 0 Å². The third kappa shape index (κ3) is 4.35. The largest absolute Gasteiger partial charge is 0.491 e. The molecule has 5 heteroatoms. The van der Waals surface area contributed by atoms with Crippen molar-refractivity contribution in [3.63, 3.8) is 0 Å². The molecular formula is C15H23FO4. The molecule has 4 nitrogen and oxygen atoms in total. The first-order valence-electron chi connectivity index (χ1n) is 6.90. The normalized spacial score (nSPS) is 12.2. The Kier molecular flexibility index (Phi) is 7.33. The maximum Gasteiger partial charge on any atom is 0.207 e. The molecule has 0 saturated heterocycles. The van der Waals surface area contributed by atoms with Gasteiger partial charge in [0.1, 0.15) is 0 Å². The molecule has 0 radical (unpaired) electrons. The molecule has 0 aliphatic carbocycles. The summed E-state index contributed by atoms with van der Waals surface area (Å²) in [5.41, 5.74) is 0.427. The maximum absolute atomic E-state index is 14.3. The van der Waals surface area contributed by atoms with Crippen molar-refractivity contribution < 1.29 is 23.7 Å². The van der Waals surface area contributed by atoms with Gasteiger partial charge in [0.15, 0.2) is 18.3 Å². The number of hydrogen-bond acceptors (Lipinski definition) is 4. The van der Waals surface area contributed by atoms with Crippen LogP contribution < -0.4 is 9.47 Å². The second-order valence-corrected chi connectivity index (χ2v) is 4.44. The van der Waals surface area contributed by atoms with Gasteiger partial charge in [0.25, 0.3) is 0 Å². The SMILES string of the molecule is CCCCC(O)c1ccc(OCC)c(F)c1OCOC. The second kappa shape index (κ2) is 8.76. The molecule has 1 atom stereocenters. The zero-order valence-electron chi connectivity index (χ0n) is 12.3. The molecule has 0 aliphatic heterocycles. The summed E-state index contributed by atoms with van der Waals surface area (Å²) < 4.78 is 29.6. The average molecular weight is 286 g/mol. The van der Waals surface area contributed by atoms with Gasteiger partial charge < -0.3 is 19.3 Å². The van der Waals surface area contributed by atoms with E-state index in [9.17, 15) is 9.50 Å². The van der Waals surface area contributed by atoms with E-state index in [2.05, 4.69) is 0 Å². The minimum atomic E-state index is -0.757. The fourth-order valence-electron chi connectivity index (χ4n) is 1.90. The Balaban J connectivity index is 3.04. The van der Waals surface area contributed by atoms with Gasteiger partial charge in [-0.3, -0.25) is 0 Å². The summed E-state index contributed by atoms with van der Waals surface area (Å²) in [6.07, 6.45) is 1.63. The van der Waals surface area contributed by atoms with E-state index in [1.54, 1.807) is 13.0 Å². The van der Waals surface area contributed by atoms with Gasteiger partial charge >= 0.3 is 0 Å². The van der Waals surface area contributed by atoms with Crippen LogP contribution in [0, 0.1) is 5.82 Å². The lowest BCUT2D eigenvalue weighted by Gasteiger charge is -2.18. The first-order chi connectivity index (χ1) is 9.65. The fraction of sp³-hybridized carbons (Fsp3) is 0.600. The Bertz CT molecular complexity index is 409. The first-order valence-corrected chi connectivity index (χ1v) is 6.90. The highest BCUT2D eigenvalue weighted by molar-refractivity contribution is 5.44. The zero-order valence-corrected chi connectivity index (χ0v) is 12.3. The summed E-state index contributed by atoms with van der Waals surface area (Å²) in [5.74, 6) is -0.483. The van der Waals surface area contributed by atoms with Crippen molar-refractivity contribution in [3.8, 4) is 11.5 Å². The molecule has 0 aromatic heterocycles. The lowest BCUT2D eigenvalue weighted by Crippen LogP contribution is -2.08. The lowest BCUT2D eigenvalue weighted by atomic mass is 10.0. The highest BCUT2D eigenvalue weighted by Gasteiger charge is 2.20. The third-order valence-electron chi connectivity index (χ3n) is 2.90. The zero-order chi connectivity index (χ0) is 15.0. The van der Waals surface area contributed by atoms with Crippen molar-refractivity contribution in [1.29, 1.82) is 0 Å². The number of halogens is 1.